The van der Waals surface area contributed by atoms with Gasteiger partial charge in [0, 0.05) is 31.4 Å². The molecule has 1 aromatic rings. The maximum absolute atomic E-state index is 12.2. The average molecular weight is 305 g/mol. The zero-order valence-corrected chi connectivity index (χ0v) is 13.8. The van der Waals surface area contributed by atoms with Crippen molar-refractivity contribution in [1.29, 1.82) is 0 Å². The second-order valence-corrected chi connectivity index (χ2v) is 6.78. The highest BCUT2D eigenvalue weighted by Gasteiger charge is 2.34. The number of hydrogen-bond acceptors (Lipinski definition) is 4. The van der Waals surface area contributed by atoms with E-state index >= 15 is 0 Å². The first-order valence-electron chi connectivity index (χ1n) is 7.90. The molecule has 1 saturated carbocycles. The molecule has 122 valence electrons. The van der Waals surface area contributed by atoms with Crippen LogP contribution in [0.4, 0.5) is 10.5 Å². The predicted molar refractivity (Wildman–Crippen MR) is 88.5 cm³/mol. The zero-order chi connectivity index (χ0) is 16.2. The molecule has 22 heavy (non-hydrogen) atoms. The van der Waals surface area contributed by atoms with E-state index in [2.05, 4.69) is 5.32 Å². The third kappa shape index (κ3) is 5.22. The Balaban J connectivity index is 1.78. The maximum atomic E-state index is 12.2. The molecule has 1 aromatic carbocycles. The summed E-state index contributed by atoms with van der Waals surface area (Å²) in [7, 11) is 0. The average Bonchev–Trinajstić information content (AvgIpc) is 3.23. The van der Waals surface area contributed by atoms with Gasteiger partial charge in [-0.3, -0.25) is 0 Å². The van der Waals surface area contributed by atoms with Gasteiger partial charge in [0.15, 0.2) is 0 Å². The van der Waals surface area contributed by atoms with Gasteiger partial charge in [-0.15, -0.1) is 0 Å². The molecule has 5 heteroatoms. The lowest BCUT2D eigenvalue weighted by molar-refractivity contribution is 0.0236. The van der Waals surface area contributed by atoms with Crippen molar-refractivity contribution >= 4 is 11.8 Å². The molecular weight excluding hydrogens is 278 g/mol. The van der Waals surface area contributed by atoms with Gasteiger partial charge in [0.1, 0.15) is 5.60 Å². The van der Waals surface area contributed by atoms with Crippen LogP contribution in [0, 0.1) is 0 Å². The summed E-state index contributed by atoms with van der Waals surface area (Å²) < 4.78 is 5.47. The maximum Gasteiger partial charge on any atom is 0.410 e. The third-order valence-electron chi connectivity index (χ3n) is 3.52. The molecule has 1 amide bonds. The Morgan fingerprint density at radius 1 is 1.36 bits per heavy atom. The number of ether oxygens (including phenoxy) is 1. The summed E-state index contributed by atoms with van der Waals surface area (Å²) in [4.78, 5) is 14.1. The highest BCUT2D eigenvalue weighted by atomic mass is 16.6. The van der Waals surface area contributed by atoms with Crippen molar-refractivity contribution in [2.45, 2.75) is 51.8 Å². The lowest BCUT2D eigenvalue weighted by Gasteiger charge is -2.27. The molecule has 1 aliphatic carbocycles. The number of carbonyl (C=O) groups excluding carboxylic acids is 1. The van der Waals surface area contributed by atoms with E-state index in [1.54, 1.807) is 0 Å². The first-order chi connectivity index (χ1) is 10.4. The molecular formula is C17H27N3O2. The molecule has 0 atom stereocenters. The first kappa shape index (κ1) is 16.6. The van der Waals surface area contributed by atoms with Gasteiger partial charge in [-0.05, 0) is 45.2 Å². The number of nitrogen functional groups attached to an aromatic ring is 1. The SMILES string of the molecule is CC(C)(C)OC(=O)N(CCNCc1ccccc1N)C1CC1. The van der Waals surface area contributed by atoms with Gasteiger partial charge < -0.3 is 20.7 Å². The normalized spacial score (nSPS) is 14.7. The van der Waals surface area contributed by atoms with Crippen LogP contribution < -0.4 is 11.1 Å². The smallest absolute Gasteiger partial charge is 0.410 e. The number of nitrogens with zero attached hydrogens (tertiary/aromatic N) is 1. The minimum Gasteiger partial charge on any atom is -0.444 e. The Morgan fingerprint density at radius 2 is 2.05 bits per heavy atom. The van der Waals surface area contributed by atoms with Crippen molar-refractivity contribution in [3.05, 3.63) is 29.8 Å². The number of hydrogen-bond donors (Lipinski definition) is 2. The summed E-state index contributed by atoms with van der Waals surface area (Å²) in [6, 6.07) is 8.16. The van der Waals surface area contributed by atoms with Crippen LogP contribution in [0.1, 0.15) is 39.2 Å². The van der Waals surface area contributed by atoms with Crippen LogP contribution in [-0.2, 0) is 11.3 Å². The number of anilines is 1. The van der Waals surface area contributed by atoms with Crippen LogP contribution in [0.2, 0.25) is 0 Å². The standard InChI is InChI=1S/C17H27N3O2/c1-17(2,3)22-16(21)20(14-8-9-14)11-10-19-12-13-6-4-5-7-15(13)18/h4-7,14,19H,8-12,18H2,1-3H3. The molecule has 0 aliphatic heterocycles. The molecule has 0 spiro atoms. The van der Waals surface area contributed by atoms with Gasteiger partial charge in [-0.25, -0.2) is 4.79 Å². The Bertz CT molecular complexity index is 507. The van der Waals surface area contributed by atoms with E-state index in [4.69, 9.17) is 10.5 Å². The van der Waals surface area contributed by atoms with E-state index in [1.165, 1.54) is 0 Å². The fraction of sp³-hybridized carbons (Fsp3) is 0.588. The van der Waals surface area contributed by atoms with Crippen LogP contribution in [0.15, 0.2) is 24.3 Å². The Labute approximate surface area is 132 Å². The van der Waals surface area contributed by atoms with Gasteiger partial charge in [-0.1, -0.05) is 18.2 Å². The van der Waals surface area contributed by atoms with Crippen molar-refractivity contribution in [2.75, 3.05) is 18.8 Å². The van der Waals surface area contributed by atoms with Crippen LogP contribution in [0.25, 0.3) is 0 Å². The summed E-state index contributed by atoms with van der Waals surface area (Å²) in [5.41, 5.74) is 7.34. The van der Waals surface area contributed by atoms with Crippen LogP contribution >= 0.6 is 0 Å². The lowest BCUT2D eigenvalue weighted by atomic mass is 10.2. The van der Waals surface area contributed by atoms with Gasteiger partial charge in [-0.2, -0.15) is 0 Å². The highest BCUT2D eigenvalue weighted by Crippen LogP contribution is 2.28. The van der Waals surface area contributed by atoms with Gasteiger partial charge in [0.25, 0.3) is 0 Å². The van der Waals surface area contributed by atoms with E-state index in [0.717, 1.165) is 30.6 Å². The summed E-state index contributed by atoms with van der Waals surface area (Å²) in [5.74, 6) is 0. The third-order valence-corrected chi connectivity index (χ3v) is 3.52. The van der Waals surface area contributed by atoms with Gasteiger partial charge in [0.05, 0.1) is 0 Å². The minimum atomic E-state index is -0.448. The fourth-order valence-corrected chi connectivity index (χ4v) is 2.25. The quantitative estimate of drug-likeness (QED) is 0.626. The summed E-state index contributed by atoms with van der Waals surface area (Å²) in [5, 5.41) is 3.34. The summed E-state index contributed by atoms with van der Waals surface area (Å²) in [6.07, 6.45) is 1.94. The van der Waals surface area contributed by atoms with Crippen molar-refractivity contribution in [3.8, 4) is 0 Å². The van der Waals surface area contributed by atoms with E-state index < -0.39 is 5.60 Å². The Hall–Kier alpha value is -1.75. The van der Waals surface area contributed by atoms with E-state index in [-0.39, 0.29) is 6.09 Å². The summed E-state index contributed by atoms with van der Waals surface area (Å²) in [6.45, 7) is 7.78. The Morgan fingerprint density at radius 3 is 2.64 bits per heavy atom. The number of amides is 1. The summed E-state index contributed by atoms with van der Waals surface area (Å²) >= 11 is 0. The van der Waals surface area contributed by atoms with Crippen molar-refractivity contribution in [3.63, 3.8) is 0 Å². The molecule has 0 radical (unpaired) electrons. The molecule has 0 unspecified atom stereocenters. The number of para-hydroxylation sites is 1. The minimum absolute atomic E-state index is 0.212. The van der Waals surface area contributed by atoms with Crippen LogP contribution in [-0.4, -0.2) is 35.7 Å². The number of rotatable bonds is 6. The molecule has 0 bridgehead atoms. The monoisotopic (exact) mass is 305 g/mol. The first-order valence-corrected chi connectivity index (χ1v) is 7.90. The van der Waals surface area contributed by atoms with E-state index in [0.29, 0.717) is 19.1 Å². The highest BCUT2D eigenvalue weighted by molar-refractivity contribution is 5.69. The van der Waals surface area contributed by atoms with Crippen molar-refractivity contribution in [2.24, 2.45) is 0 Å². The molecule has 2 rings (SSSR count). The molecule has 3 N–H and O–H groups in total. The van der Waals surface area contributed by atoms with Crippen molar-refractivity contribution < 1.29 is 9.53 Å². The zero-order valence-electron chi connectivity index (χ0n) is 13.8. The molecule has 0 saturated heterocycles. The molecule has 0 aromatic heterocycles. The number of nitrogens with one attached hydrogen (secondary N) is 1. The van der Waals surface area contributed by atoms with Crippen LogP contribution in [0.5, 0.6) is 0 Å². The number of nitrogens with two attached hydrogens (primary N) is 1. The number of carbonyl (C=O) groups is 1. The lowest BCUT2D eigenvalue weighted by Crippen LogP contribution is -2.41. The second kappa shape index (κ2) is 7.01. The van der Waals surface area contributed by atoms with Crippen LogP contribution in [0.3, 0.4) is 0 Å². The Kier molecular flexibility index (Phi) is 5.29. The van der Waals surface area contributed by atoms with E-state index in [9.17, 15) is 4.79 Å². The second-order valence-electron chi connectivity index (χ2n) is 6.78. The predicted octanol–water partition coefficient (Wildman–Crippen LogP) is 2.76. The van der Waals surface area contributed by atoms with E-state index in [1.807, 2.05) is 49.9 Å². The molecule has 0 heterocycles. The van der Waals surface area contributed by atoms with Crippen molar-refractivity contribution in [1.82, 2.24) is 10.2 Å². The number of benzene rings is 1. The largest absolute Gasteiger partial charge is 0.444 e. The fourth-order valence-electron chi connectivity index (χ4n) is 2.25. The topological polar surface area (TPSA) is 67.6 Å². The molecule has 1 aliphatic rings. The van der Waals surface area contributed by atoms with Gasteiger partial charge in [0.2, 0.25) is 0 Å². The molecule has 5 nitrogen and oxygen atoms in total. The molecule has 1 fully saturated rings. The van der Waals surface area contributed by atoms with Gasteiger partial charge >= 0.3 is 6.09 Å².